The van der Waals surface area contributed by atoms with Crippen molar-refractivity contribution in [1.29, 1.82) is 0 Å². The number of hydrogen-bond donors (Lipinski definition) is 2. The van der Waals surface area contributed by atoms with Crippen LogP contribution in [0.25, 0.3) is 10.9 Å². The van der Waals surface area contributed by atoms with E-state index >= 15 is 0 Å². The van der Waals surface area contributed by atoms with Crippen molar-refractivity contribution < 1.29 is 5.11 Å². The van der Waals surface area contributed by atoms with Gasteiger partial charge in [-0.2, -0.15) is 0 Å². The molecule has 0 spiro atoms. The molecule has 1 saturated carbocycles. The van der Waals surface area contributed by atoms with Crippen LogP contribution in [0.3, 0.4) is 0 Å². The third kappa shape index (κ3) is 1.91. The van der Waals surface area contributed by atoms with Gasteiger partial charge in [-0.1, -0.05) is 12.1 Å². The van der Waals surface area contributed by atoms with Crippen molar-refractivity contribution in [3.05, 3.63) is 30.0 Å². The Morgan fingerprint density at radius 1 is 1.41 bits per heavy atom. The lowest BCUT2D eigenvalue weighted by molar-refractivity contribution is 0.478. The lowest BCUT2D eigenvalue weighted by atomic mass is 10.1. The molecule has 1 fully saturated rings. The third-order valence-electron chi connectivity index (χ3n) is 3.46. The average molecular weight is 230 g/mol. The number of rotatable bonds is 4. The van der Waals surface area contributed by atoms with E-state index in [1.807, 2.05) is 6.07 Å². The molecule has 0 saturated heterocycles. The molecule has 90 valence electrons. The Labute approximate surface area is 101 Å². The number of aryl methyl sites for hydroxylation is 1. The third-order valence-corrected chi connectivity index (χ3v) is 3.46. The second kappa shape index (κ2) is 4.08. The highest BCUT2D eigenvalue weighted by molar-refractivity contribution is 5.88. The van der Waals surface area contributed by atoms with E-state index in [0.29, 0.717) is 11.8 Å². The van der Waals surface area contributed by atoms with Crippen molar-refractivity contribution in [2.24, 2.45) is 0 Å². The van der Waals surface area contributed by atoms with Crippen LogP contribution in [0, 0.1) is 0 Å². The van der Waals surface area contributed by atoms with Crippen LogP contribution < -0.4 is 5.32 Å². The van der Waals surface area contributed by atoms with Gasteiger partial charge in [0.25, 0.3) is 0 Å². The number of phenols is 1. The van der Waals surface area contributed by atoms with Crippen molar-refractivity contribution in [3.8, 4) is 5.75 Å². The topological polar surface area (TPSA) is 37.2 Å². The Kier molecular flexibility index (Phi) is 2.56. The Morgan fingerprint density at radius 2 is 2.24 bits per heavy atom. The fourth-order valence-corrected chi connectivity index (χ4v) is 2.35. The molecule has 3 rings (SSSR count). The first-order valence-electron chi connectivity index (χ1n) is 6.32. The molecule has 0 radical (unpaired) electrons. The van der Waals surface area contributed by atoms with E-state index in [9.17, 15) is 5.11 Å². The SMILES string of the molecule is CCn1cc(CNC2CC2)c2cccc(O)c21. The van der Waals surface area contributed by atoms with Crippen LogP contribution in [-0.2, 0) is 13.1 Å². The molecule has 0 aliphatic heterocycles. The Bertz CT molecular complexity index is 540. The number of phenolic OH excluding ortho intramolecular Hbond substituents is 1. The number of benzene rings is 1. The van der Waals surface area contributed by atoms with Crippen molar-refractivity contribution in [2.75, 3.05) is 0 Å². The van der Waals surface area contributed by atoms with Gasteiger partial charge in [-0.15, -0.1) is 0 Å². The zero-order chi connectivity index (χ0) is 11.8. The highest BCUT2D eigenvalue weighted by atomic mass is 16.3. The number of aromatic hydroxyl groups is 1. The Morgan fingerprint density at radius 3 is 2.94 bits per heavy atom. The van der Waals surface area contributed by atoms with Crippen LogP contribution in [0.15, 0.2) is 24.4 Å². The minimum atomic E-state index is 0.377. The normalized spacial score (nSPS) is 15.6. The van der Waals surface area contributed by atoms with Crippen molar-refractivity contribution in [1.82, 2.24) is 9.88 Å². The minimum absolute atomic E-state index is 0.377. The molecule has 1 aliphatic rings. The molecular weight excluding hydrogens is 212 g/mol. The van der Waals surface area contributed by atoms with Gasteiger partial charge < -0.3 is 15.0 Å². The molecule has 1 aliphatic carbocycles. The standard InChI is InChI=1S/C14H18N2O/c1-2-16-9-10(8-15-11-6-7-11)12-4-3-5-13(17)14(12)16/h3-5,9,11,15,17H,2,6-8H2,1H3. The molecule has 1 aromatic carbocycles. The molecule has 1 aromatic heterocycles. The van der Waals surface area contributed by atoms with Crippen LogP contribution >= 0.6 is 0 Å². The van der Waals surface area contributed by atoms with Gasteiger partial charge in [-0.3, -0.25) is 0 Å². The smallest absolute Gasteiger partial charge is 0.139 e. The second-order valence-corrected chi connectivity index (χ2v) is 4.77. The van der Waals surface area contributed by atoms with E-state index in [2.05, 4.69) is 29.1 Å². The summed E-state index contributed by atoms with van der Waals surface area (Å²) in [4.78, 5) is 0. The van der Waals surface area contributed by atoms with Crippen LogP contribution in [0.5, 0.6) is 5.75 Å². The highest BCUT2D eigenvalue weighted by Crippen LogP contribution is 2.29. The van der Waals surface area contributed by atoms with Gasteiger partial charge in [0.2, 0.25) is 0 Å². The van der Waals surface area contributed by atoms with E-state index in [-0.39, 0.29) is 0 Å². The summed E-state index contributed by atoms with van der Waals surface area (Å²) >= 11 is 0. The van der Waals surface area contributed by atoms with E-state index in [0.717, 1.165) is 18.6 Å². The number of nitrogens with zero attached hydrogens (tertiary/aromatic N) is 1. The van der Waals surface area contributed by atoms with Gasteiger partial charge in [0.1, 0.15) is 5.75 Å². The van der Waals surface area contributed by atoms with Gasteiger partial charge in [0, 0.05) is 30.7 Å². The Hall–Kier alpha value is -1.48. The Balaban J connectivity index is 2.01. The lowest BCUT2D eigenvalue weighted by Crippen LogP contribution is -2.14. The summed E-state index contributed by atoms with van der Waals surface area (Å²) in [5.74, 6) is 0.377. The summed E-state index contributed by atoms with van der Waals surface area (Å²) in [6, 6.07) is 6.48. The van der Waals surface area contributed by atoms with E-state index in [1.54, 1.807) is 6.07 Å². The first-order valence-corrected chi connectivity index (χ1v) is 6.32. The number of hydrogen-bond acceptors (Lipinski definition) is 2. The maximum atomic E-state index is 9.94. The van der Waals surface area contributed by atoms with Gasteiger partial charge in [-0.05, 0) is 31.4 Å². The van der Waals surface area contributed by atoms with Gasteiger partial charge in [0.05, 0.1) is 5.52 Å². The summed E-state index contributed by atoms with van der Waals surface area (Å²) < 4.78 is 2.12. The van der Waals surface area contributed by atoms with Crippen molar-refractivity contribution >= 4 is 10.9 Å². The molecule has 1 heterocycles. The molecule has 2 aromatic rings. The number of para-hydroxylation sites is 1. The summed E-state index contributed by atoms with van der Waals surface area (Å²) in [5, 5.41) is 14.6. The zero-order valence-corrected chi connectivity index (χ0v) is 10.1. The first kappa shape index (κ1) is 10.7. The first-order chi connectivity index (χ1) is 8.29. The monoisotopic (exact) mass is 230 g/mol. The molecule has 3 heteroatoms. The van der Waals surface area contributed by atoms with E-state index < -0.39 is 0 Å². The quantitative estimate of drug-likeness (QED) is 0.847. The van der Waals surface area contributed by atoms with Crippen molar-refractivity contribution in [3.63, 3.8) is 0 Å². The van der Waals surface area contributed by atoms with E-state index in [4.69, 9.17) is 0 Å². The summed E-state index contributed by atoms with van der Waals surface area (Å²) in [7, 11) is 0. The number of fused-ring (bicyclic) bond motifs is 1. The largest absolute Gasteiger partial charge is 0.506 e. The predicted octanol–water partition coefficient (Wildman–Crippen LogP) is 2.62. The van der Waals surface area contributed by atoms with Gasteiger partial charge in [0.15, 0.2) is 0 Å². The maximum Gasteiger partial charge on any atom is 0.139 e. The number of aromatic nitrogens is 1. The fourth-order valence-electron chi connectivity index (χ4n) is 2.35. The van der Waals surface area contributed by atoms with Crippen LogP contribution in [0.1, 0.15) is 25.3 Å². The number of nitrogens with one attached hydrogen (secondary N) is 1. The highest BCUT2D eigenvalue weighted by Gasteiger charge is 2.21. The average Bonchev–Trinajstić information content (AvgIpc) is 3.08. The molecule has 0 bridgehead atoms. The zero-order valence-electron chi connectivity index (χ0n) is 10.1. The molecular formula is C14H18N2O. The summed E-state index contributed by atoms with van der Waals surface area (Å²) in [6.45, 7) is 3.89. The fraction of sp³-hybridized carbons (Fsp3) is 0.429. The van der Waals surface area contributed by atoms with Gasteiger partial charge in [-0.25, -0.2) is 0 Å². The predicted molar refractivity (Wildman–Crippen MR) is 69.1 cm³/mol. The maximum absolute atomic E-state index is 9.94. The molecule has 0 atom stereocenters. The summed E-state index contributed by atoms with van der Waals surface area (Å²) in [5.41, 5.74) is 2.24. The second-order valence-electron chi connectivity index (χ2n) is 4.77. The van der Waals surface area contributed by atoms with Crippen LogP contribution in [-0.4, -0.2) is 15.7 Å². The van der Waals surface area contributed by atoms with Crippen LogP contribution in [0.4, 0.5) is 0 Å². The van der Waals surface area contributed by atoms with E-state index in [1.165, 1.54) is 23.8 Å². The molecule has 0 unspecified atom stereocenters. The van der Waals surface area contributed by atoms with Gasteiger partial charge >= 0.3 is 0 Å². The molecule has 2 N–H and O–H groups in total. The lowest BCUT2D eigenvalue weighted by Gasteiger charge is -2.02. The molecule has 0 amide bonds. The molecule has 17 heavy (non-hydrogen) atoms. The van der Waals surface area contributed by atoms with Crippen molar-refractivity contribution in [2.45, 2.75) is 38.9 Å². The minimum Gasteiger partial charge on any atom is -0.506 e. The van der Waals surface area contributed by atoms with Crippen LogP contribution in [0.2, 0.25) is 0 Å². The summed E-state index contributed by atoms with van der Waals surface area (Å²) in [6.07, 6.45) is 4.76. The molecule has 3 nitrogen and oxygen atoms in total.